The summed E-state index contributed by atoms with van der Waals surface area (Å²) < 4.78 is 11.2. The molecule has 8 heteroatoms. The molecule has 1 aromatic carbocycles. The highest BCUT2D eigenvalue weighted by Gasteiger charge is 2.19. The summed E-state index contributed by atoms with van der Waals surface area (Å²) in [7, 11) is 0. The molecular formula is C24H34N4O3S. The van der Waals surface area contributed by atoms with Crippen molar-refractivity contribution in [2.45, 2.75) is 38.8 Å². The van der Waals surface area contributed by atoms with Gasteiger partial charge in [-0.15, -0.1) is 0 Å². The Bertz CT molecular complexity index is 967. The van der Waals surface area contributed by atoms with Crippen molar-refractivity contribution < 1.29 is 9.47 Å². The molecule has 32 heavy (non-hydrogen) atoms. The SMILES string of the molecule is Cc1ccc2[nH]c(=O)c(CN(CCCN3CCOCC3)C(=S)NC[C@@H]3CCCO3)cc2c1. The fourth-order valence-corrected chi connectivity index (χ4v) is 4.61. The van der Waals surface area contributed by atoms with Crippen molar-refractivity contribution in [3.8, 4) is 0 Å². The van der Waals surface area contributed by atoms with Crippen LogP contribution in [0.3, 0.4) is 0 Å². The molecule has 0 radical (unpaired) electrons. The summed E-state index contributed by atoms with van der Waals surface area (Å²) in [6.45, 7) is 9.44. The second kappa shape index (κ2) is 11.2. The Morgan fingerprint density at radius 2 is 2.12 bits per heavy atom. The van der Waals surface area contributed by atoms with Gasteiger partial charge in [0.1, 0.15) is 0 Å². The van der Waals surface area contributed by atoms with Gasteiger partial charge in [0.2, 0.25) is 0 Å². The molecule has 0 bridgehead atoms. The first-order valence-corrected chi connectivity index (χ1v) is 12.1. The smallest absolute Gasteiger partial charge is 0.253 e. The number of hydrogen-bond acceptors (Lipinski definition) is 5. The van der Waals surface area contributed by atoms with E-state index in [1.54, 1.807) is 0 Å². The third kappa shape index (κ3) is 6.28. The molecular weight excluding hydrogens is 424 g/mol. The first kappa shape index (κ1) is 23.2. The van der Waals surface area contributed by atoms with Crippen molar-refractivity contribution in [2.24, 2.45) is 0 Å². The highest BCUT2D eigenvalue weighted by Crippen LogP contribution is 2.15. The Morgan fingerprint density at radius 3 is 2.91 bits per heavy atom. The molecule has 2 aromatic rings. The average molecular weight is 459 g/mol. The maximum atomic E-state index is 12.8. The second-order valence-electron chi connectivity index (χ2n) is 8.76. The lowest BCUT2D eigenvalue weighted by atomic mass is 10.1. The van der Waals surface area contributed by atoms with Crippen LogP contribution in [0.5, 0.6) is 0 Å². The first-order chi connectivity index (χ1) is 15.6. The molecule has 3 heterocycles. The van der Waals surface area contributed by atoms with Gasteiger partial charge in [0.05, 0.1) is 25.9 Å². The van der Waals surface area contributed by atoms with Crippen molar-refractivity contribution in [1.82, 2.24) is 20.1 Å². The van der Waals surface area contributed by atoms with Crippen LogP contribution in [-0.2, 0) is 16.0 Å². The average Bonchev–Trinajstić information content (AvgIpc) is 3.32. The Hall–Kier alpha value is -2.00. The van der Waals surface area contributed by atoms with Crippen LogP contribution >= 0.6 is 12.2 Å². The number of thiocarbonyl (C=S) groups is 1. The van der Waals surface area contributed by atoms with Crippen LogP contribution in [0.15, 0.2) is 29.1 Å². The zero-order valence-corrected chi connectivity index (χ0v) is 19.7. The quantitative estimate of drug-likeness (QED) is 0.589. The van der Waals surface area contributed by atoms with Gasteiger partial charge in [0.25, 0.3) is 5.56 Å². The molecule has 7 nitrogen and oxygen atoms in total. The second-order valence-corrected chi connectivity index (χ2v) is 9.15. The summed E-state index contributed by atoms with van der Waals surface area (Å²) in [6, 6.07) is 8.08. The van der Waals surface area contributed by atoms with Gasteiger partial charge >= 0.3 is 0 Å². The number of H-pyrrole nitrogens is 1. The van der Waals surface area contributed by atoms with Crippen LogP contribution in [0.1, 0.15) is 30.4 Å². The molecule has 2 fully saturated rings. The number of aromatic nitrogens is 1. The Balaban J connectivity index is 1.44. The van der Waals surface area contributed by atoms with Crippen LogP contribution in [0, 0.1) is 6.92 Å². The van der Waals surface area contributed by atoms with Gasteiger partial charge in [-0.1, -0.05) is 11.6 Å². The molecule has 2 aliphatic rings. The van der Waals surface area contributed by atoms with E-state index in [-0.39, 0.29) is 11.7 Å². The Labute approximate surface area is 195 Å². The van der Waals surface area contributed by atoms with Crippen LogP contribution in [0.4, 0.5) is 0 Å². The van der Waals surface area contributed by atoms with Gasteiger partial charge in [0, 0.05) is 50.4 Å². The minimum absolute atomic E-state index is 0.0542. The number of morpholine rings is 1. The summed E-state index contributed by atoms with van der Waals surface area (Å²) >= 11 is 5.75. The molecule has 2 aliphatic heterocycles. The van der Waals surface area contributed by atoms with Gasteiger partial charge in [-0.25, -0.2) is 0 Å². The summed E-state index contributed by atoms with van der Waals surface area (Å²) in [5.41, 5.74) is 2.71. The van der Waals surface area contributed by atoms with E-state index in [0.29, 0.717) is 18.2 Å². The van der Waals surface area contributed by atoms with Crippen LogP contribution < -0.4 is 10.9 Å². The lowest BCUT2D eigenvalue weighted by Gasteiger charge is -2.30. The number of fused-ring (bicyclic) bond motifs is 1. The van der Waals surface area contributed by atoms with E-state index in [9.17, 15) is 4.79 Å². The number of nitrogens with zero attached hydrogens (tertiary/aromatic N) is 2. The molecule has 1 aromatic heterocycles. The highest BCUT2D eigenvalue weighted by molar-refractivity contribution is 7.80. The summed E-state index contributed by atoms with van der Waals surface area (Å²) in [5, 5.41) is 5.12. The van der Waals surface area contributed by atoms with Gasteiger partial charge < -0.3 is 24.7 Å². The topological polar surface area (TPSA) is 69.8 Å². The maximum absolute atomic E-state index is 12.8. The van der Waals surface area contributed by atoms with Gasteiger partial charge in [0.15, 0.2) is 5.11 Å². The van der Waals surface area contributed by atoms with E-state index in [1.165, 1.54) is 5.56 Å². The van der Waals surface area contributed by atoms with E-state index in [0.717, 1.165) is 81.7 Å². The largest absolute Gasteiger partial charge is 0.379 e. The lowest BCUT2D eigenvalue weighted by Crippen LogP contribution is -2.44. The molecule has 174 valence electrons. The van der Waals surface area contributed by atoms with Crippen molar-refractivity contribution in [3.05, 3.63) is 45.7 Å². The molecule has 0 saturated carbocycles. The van der Waals surface area contributed by atoms with Crippen molar-refractivity contribution in [1.29, 1.82) is 0 Å². The van der Waals surface area contributed by atoms with E-state index in [2.05, 4.69) is 33.1 Å². The Morgan fingerprint density at radius 1 is 1.28 bits per heavy atom. The minimum atomic E-state index is -0.0542. The first-order valence-electron chi connectivity index (χ1n) is 11.7. The van der Waals surface area contributed by atoms with Crippen LogP contribution in [-0.4, -0.2) is 78.5 Å². The van der Waals surface area contributed by atoms with Crippen LogP contribution in [0.2, 0.25) is 0 Å². The van der Waals surface area contributed by atoms with Crippen molar-refractivity contribution in [3.63, 3.8) is 0 Å². The number of aryl methyl sites for hydroxylation is 1. The number of benzene rings is 1. The van der Waals surface area contributed by atoms with Crippen molar-refractivity contribution >= 4 is 28.2 Å². The standard InChI is InChI=1S/C24H34N4O3S/c1-18-5-6-22-19(14-18)15-20(23(29)26-22)17-28(8-3-7-27-9-12-30-13-10-27)24(32)25-16-21-4-2-11-31-21/h5-6,14-15,21H,2-4,7-13,16-17H2,1H3,(H,25,32)(H,26,29)/t21-/m0/s1. The predicted molar refractivity (Wildman–Crippen MR) is 131 cm³/mol. The van der Waals surface area contributed by atoms with E-state index in [4.69, 9.17) is 21.7 Å². The van der Waals surface area contributed by atoms with E-state index < -0.39 is 0 Å². The molecule has 0 amide bonds. The fraction of sp³-hybridized carbons (Fsp3) is 0.583. The third-order valence-corrected chi connectivity index (χ3v) is 6.64. The maximum Gasteiger partial charge on any atom is 0.253 e. The summed E-state index contributed by atoms with van der Waals surface area (Å²) in [6.07, 6.45) is 3.37. The predicted octanol–water partition coefficient (Wildman–Crippen LogP) is 2.41. The molecule has 4 rings (SSSR count). The number of pyridine rings is 1. The lowest BCUT2D eigenvalue weighted by molar-refractivity contribution is 0.0367. The summed E-state index contributed by atoms with van der Waals surface area (Å²) in [5.74, 6) is 0. The number of hydrogen-bond donors (Lipinski definition) is 2. The van der Waals surface area contributed by atoms with Gasteiger partial charge in [-0.2, -0.15) is 0 Å². The zero-order valence-electron chi connectivity index (χ0n) is 18.9. The van der Waals surface area contributed by atoms with Crippen molar-refractivity contribution in [2.75, 3.05) is 52.5 Å². The van der Waals surface area contributed by atoms with Gasteiger partial charge in [-0.3, -0.25) is 9.69 Å². The number of nitrogens with one attached hydrogen (secondary N) is 2. The molecule has 0 spiro atoms. The van der Waals surface area contributed by atoms with Crippen LogP contribution in [0.25, 0.3) is 10.9 Å². The normalized spacial score (nSPS) is 19.3. The van der Waals surface area contributed by atoms with E-state index >= 15 is 0 Å². The number of aromatic amines is 1. The minimum Gasteiger partial charge on any atom is -0.379 e. The number of rotatable bonds is 8. The third-order valence-electron chi connectivity index (χ3n) is 6.24. The zero-order chi connectivity index (χ0) is 22.3. The summed E-state index contributed by atoms with van der Waals surface area (Å²) in [4.78, 5) is 20.4. The molecule has 2 saturated heterocycles. The monoisotopic (exact) mass is 458 g/mol. The highest BCUT2D eigenvalue weighted by atomic mass is 32.1. The fourth-order valence-electron chi connectivity index (χ4n) is 4.37. The Kier molecular flexibility index (Phi) is 8.13. The molecule has 1 atom stereocenters. The molecule has 2 N–H and O–H groups in total. The van der Waals surface area contributed by atoms with E-state index in [1.807, 2.05) is 18.2 Å². The molecule has 0 aliphatic carbocycles. The molecule has 0 unspecified atom stereocenters. The number of ether oxygens (including phenoxy) is 2. The van der Waals surface area contributed by atoms with Gasteiger partial charge in [-0.05, 0) is 62.0 Å².